The Morgan fingerprint density at radius 2 is 2.58 bits per heavy atom. The van der Waals surface area contributed by atoms with E-state index in [0.717, 1.165) is 6.42 Å². The molecule has 62 valence electrons. The van der Waals surface area contributed by atoms with Gasteiger partial charge in [0.1, 0.15) is 0 Å². The number of hydrogen-bond donors (Lipinski definition) is 1. The zero-order chi connectivity index (χ0) is 8.39. The molecular weight excluding hydrogens is 156 g/mol. The first-order valence-electron chi connectivity index (χ1n) is 3.75. The highest BCUT2D eigenvalue weighted by molar-refractivity contribution is 6.04. The van der Waals surface area contributed by atoms with Gasteiger partial charge < -0.3 is 9.72 Å². The second-order valence-corrected chi connectivity index (χ2v) is 2.47. The third-order valence-electron chi connectivity index (χ3n) is 1.64. The van der Waals surface area contributed by atoms with E-state index in [9.17, 15) is 4.79 Å². The molecule has 0 spiro atoms. The van der Waals surface area contributed by atoms with Crippen LogP contribution in [0.5, 0.6) is 0 Å². The zero-order valence-corrected chi connectivity index (χ0v) is 6.41. The summed E-state index contributed by atoms with van der Waals surface area (Å²) < 4.78 is 5.09. The van der Waals surface area contributed by atoms with Gasteiger partial charge in [0.05, 0.1) is 6.61 Å². The normalized spacial score (nSPS) is 15.5. The van der Waals surface area contributed by atoms with Crippen LogP contribution in [0.3, 0.4) is 0 Å². The summed E-state index contributed by atoms with van der Waals surface area (Å²) >= 11 is 0. The Morgan fingerprint density at radius 1 is 1.67 bits per heavy atom. The fourth-order valence-corrected chi connectivity index (χ4v) is 1.08. The van der Waals surface area contributed by atoms with Gasteiger partial charge in [-0.15, -0.1) is 0 Å². The van der Waals surface area contributed by atoms with E-state index in [1.807, 2.05) is 0 Å². The van der Waals surface area contributed by atoms with Crippen molar-refractivity contribution in [3.05, 3.63) is 30.1 Å². The third-order valence-corrected chi connectivity index (χ3v) is 1.64. The average Bonchev–Trinajstić information content (AvgIpc) is 2.77. The zero-order valence-electron chi connectivity index (χ0n) is 6.41. The van der Waals surface area contributed by atoms with E-state index in [0.29, 0.717) is 18.2 Å². The van der Waals surface area contributed by atoms with Crippen molar-refractivity contribution in [2.24, 2.45) is 0 Å². The fourth-order valence-electron chi connectivity index (χ4n) is 1.08. The lowest BCUT2D eigenvalue weighted by Gasteiger charge is -1.98. The molecule has 4 nitrogen and oxygen atoms in total. The van der Waals surface area contributed by atoms with Crippen LogP contribution in [0, 0.1) is 0 Å². The van der Waals surface area contributed by atoms with E-state index in [1.54, 1.807) is 18.5 Å². The van der Waals surface area contributed by atoms with Gasteiger partial charge in [-0.25, -0.2) is 4.98 Å². The predicted octanol–water partition coefficient (Wildman–Crippen LogP) is 0.897. The molecule has 2 rings (SSSR count). The first-order valence-corrected chi connectivity index (χ1v) is 3.75. The van der Waals surface area contributed by atoms with Crippen molar-refractivity contribution < 1.29 is 9.53 Å². The number of carbonyl (C=O) groups excluding carboxylic acids is 1. The molecular formula is C8H8N2O2. The van der Waals surface area contributed by atoms with E-state index < -0.39 is 0 Å². The molecule has 2 heterocycles. The highest BCUT2D eigenvalue weighted by Crippen LogP contribution is 2.12. The molecule has 0 aliphatic carbocycles. The average molecular weight is 164 g/mol. The number of H-pyrrole nitrogens is 1. The maximum absolute atomic E-state index is 11.4. The molecule has 1 N–H and O–H groups in total. The van der Waals surface area contributed by atoms with Crippen LogP contribution >= 0.6 is 0 Å². The van der Waals surface area contributed by atoms with Crippen molar-refractivity contribution in [1.82, 2.24) is 9.97 Å². The van der Waals surface area contributed by atoms with Gasteiger partial charge in [0, 0.05) is 18.8 Å². The van der Waals surface area contributed by atoms with Gasteiger partial charge in [-0.1, -0.05) is 0 Å². The number of aromatic nitrogens is 2. The van der Waals surface area contributed by atoms with Crippen molar-refractivity contribution in [3.63, 3.8) is 0 Å². The highest BCUT2D eigenvalue weighted by Gasteiger charge is 2.18. The van der Waals surface area contributed by atoms with E-state index in [-0.39, 0.29) is 5.78 Å². The molecule has 0 aromatic carbocycles. The lowest BCUT2D eigenvalue weighted by molar-refractivity contribution is 0.0933. The standard InChI is InChI=1S/C8H8N2O2/c11-7(6-2-1-5-12-6)8-9-3-4-10-8/h2-4H,1,5H2,(H,9,10). The monoisotopic (exact) mass is 164 g/mol. The Bertz CT molecular complexity index is 314. The third kappa shape index (κ3) is 1.11. The summed E-state index contributed by atoms with van der Waals surface area (Å²) in [7, 11) is 0. The molecule has 12 heavy (non-hydrogen) atoms. The number of nitrogens with zero attached hydrogens (tertiary/aromatic N) is 1. The minimum Gasteiger partial charge on any atom is -0.489 e. The van der Waals surface area contributed by atoms with Crippen LogP contribution in [0.4, 0.5) is 0 Å². The Morgan fingerprint density at radius 3 is 3.17 bits per heavy atom. The molecule has 1 aliphatic rings. The maximum Gasteiger partial charge on any atom is 0.262 e. The Kier molecular flexibility index (Phi) is 1.66. The number of nitrogens with one attached hydrogen (secondary N) is 1. The molecule has 0 saturated heterocycles. The summed E-state index contributed by atoms with van der Waals surface area (Å²) in [4.78, 5) is 18.0. The number of ether oxygens (including phenoxy) is 1. The molecule has 0 bridgehead atoms. The van der Waals surface area contributed by atoms with Crippen molar-refractivity contribution in [3.8, 4) is 0 Å². The summed E-state index contributed by atoms with van der Waals surface area (Å²) in [5.41, 5.74) is 0. The van der Waals surface area contributed by atoms with Crippen LogP contribution in [0.2, 0.25) is 0 Å². The number of aromatic amines is 1. The minimum absolute atomic E-state index is 0.169. The fraction of sp³-hybridized carbons (Fsp3) is 0.250. The summed E-state index contributed by atoms with van der Waals surface area (Å²) in [6, 6.07) is 0. The van der Waals surface area contributed by atoms with Gasteiger partial charge in [0.2, 0.25) is 0 Å². The SMILES string of the molecule is O=C(C1=CCCO1)c1ncc[nH]1. The Balaban J connectivity index is 2.20. The van der Waals surface area contributed by atoms with Crippen LogP contribution in [0.1, 0.15) is 17.0 Å². The van der Waals surface area contributed by atoms with Crippen LogP contribution in [0.25, 0.3) is 0 Å². The van der Waals surface area contributed by atoms with Crippen LogP contribution in [-0.2, 0) is 4.74 Å². The van der Waals surface area contributed by atoms with Gasteiger partial charge in [0.25, 0.3) is 5.78 Å². The first kappa shape index (κ1) is 7.09. The van der Waals surface area contributed by atoms with Crippen molar-refractivity contribution in [1.29, 1.82) is 0 Å². The molecule has 0 unspecified atom stereocenters. The van der Waals surface area contributed by atoms with Crippen LogP contribution < -0.4 is 0 Å². The number of hydrogen-bond acceptors (Lipinski definition) is 3. The Hall–Kier alpha value is -1.58. The van der Waals surface area contributed by atoms with Gasteiger partial charge in [-0.2, -0.15) is 0 Å². The molecule has 0 saturated carbocycles. The predicted molar refractivity (Wildman–Crippen MR) is 41.6 cm³/mol. The van der Waals surface area contributed by atoms with Gasteiger partial charge >= 0.3 is 0 Å². The van der Waals surface area contributed by atoms with Crippen LogP contribution in [0.15, 0.2) is 24.2 Å². The number of carbonyl (C=O) groups is 1. The largest absolute Gasteiger partial charge is 0.489 e. The lowest BCUT2D eigenvalue weighted by Crippen LogP contribution is -2.05. The van der Waals surface area contributed by atoms with Gasteiger partial charge in [0.15, 0.2) is 11.6 Å². The number of ketones is 1. The molecule has 1 aromatic rings. The minimum atomic E-state index is -0.169. The maximum atomic E-state index is 11.4. The number of rotatable bonds is 2. The highest BCUT2D eigenvalue weighted by atomic mass is 16.5. The molecule has 1 aromatic heterocycles. The molecule has 0 amide bonds. The summed E-state index contributed by atoms with van der Waals surface area (Å²) in [6.07, 6.45) is 5.75. The number of imidazole rings is 1. The lowest BCUT2D eigenvalue weighted by atomic mass is 10.3. The van der Waals surface area contributed by atoms with Crippen molar-refractivity contribution in [2.75, 3.05) is 6.61 Å². The van der Waals surface area contributed by atoms with E-state index >= 15 is 0 Å². The second kappa shape index (κ2) is 2.81. The van der Waals surface area contributed by atoms with E-state index in [2.05, 4.69) is 9.97 Å². The second-order valence-electron chi connectivity index (χ2n) is 2.47. The van der Waals surface area contributed by atoms with Crippen molar-refractivity contribution in [2.45, 2.75) is 6.42 Å². The van der Waals surface area contributed by atoms with E-state index in [4.69, 9.17) is 4.74 Å². The molecule has 0 atom stereocenters. The summed E-state index contributed by atoms with van der Waals surface area (Å²) in [5, 5.41) is 0. The molecule has 4 heteroatoms. The molecule has 0 fully saturated rings. The summed E-state index contributed by atoms with van der Waals surface area (Å²) in [6.45, 7) is 0.599. The first-order chi connectivity index (χ1) is 5.88. The quantitative estimate of drug-likeness (QED) is 0.660. The summed E-state index contributed by atoms with van der Waals surface area (Å²) in [5.74, 6) is 0.575. The van der Waals surface area contributed by atoms with Gasteiger partial charge in [-0.3, -0.25) is 4.79 Å². The number of allylic oxidation sites excluding steroid dienone is 1. The van der Waals surface area contributed by atoms with Crippen LogP contribution in [-0.4, -0.2) is 22.4 Å². The van der Waals surface area contributed by atoms with Crippen molar-refractivity contribution >= 4 is 5.78 Å². The topological polar surface area (TPSA) is 55.0 Å². The van der Waals surface area contributed by atoms with Gasteiger partial charge in [-0.05, 0) is 6.08 Å². The smallest absolute Gasteiger partial charge is 0.262 e. The Labute approximate surface area is 69.3 Å². The number of Topliss-reactive ketones (excluding diaryl/α,β-unsaturated/α-hetero) is 1. The molecule has 0 radical (unpaired) electrons. The molecule has 1 aliphatic heterocycles. The van der Waals surface area contributed by atoms with E-state index in [1.165, 1.54) is 0 Å².